The second-order valence-corrected chi connectivity index (χ2v) is 5.84. The highest BCUT2D eigenvalue weighted by molar-refractivity contribution is 5.85. The summed E-state index contributed by atoms with van der Waals surface area (Å²) in [6.07, 6.45) is 14.2. The van der Waals surface area contributed by atoms with Gasteiger partial charge in [-0.2, -0.15) is 10.2 Å². The predicted octanol–water partition coefficient (Wildman–Crippen LogP) is 1.53. The lowest BCUT2D eigenvalue weighted by Crippen LogP contribution is -2.44. The largest absolute Gasteiger partial charge is 0.354 e. The van der Waals surface area contributed by atoms with Gasteiger partial charge in [-0.15, -0.1) is 12.3 Å². The Morgan fingerprint density at radius 2 is 2.30 bits per heavy atom. The van der Waals surface area contributed by atoms with Gasteiger partial charge < -0.3 is 10.2 Å². The summed E-state index contributed by atoms with van der Waals surface area (Å²) in [5.74, 6) is 3.39. The van der Waals surface area contributed by atoms with Crippen molar-refractivity contribution in [3.05, 3.63) is 18.6 Å². The molecule has 1 aromatic heterocycles. The van der Waals surface area contributed by atoms with E-state index in [1.54, 1.807) is 18.6 Å². The van der Waals surface area contributed by atoms with Gasteiger partial charge in [0.25, 0.3) is 0 Å². The fraction of sp³-hybridized carbons (Fsp3) is 0.562. The normalized spacial score (nSPS) is 21.0. The smallest absolute Gasteiger partial charge is 0.242 e. The molecule has 120 valence electrons. The summed E-state index contributed by atoms with van der Waals surface area (Å²) < 4.78 is 0. The fourth-order valence-electron chi connectivity index (χ4n) is 2.92. The Morgan fingerprint density at radius 3 is 3.00 bits per heavy atom. The third-order valence-electron chi connectivity index (χ3n) is 4.28. The average molecular weight is 312 g/mol. The van der Waals surface area contributed by atoms with Gasteiger partial charge in [-0.25, -0.2) is 4.98 Å². The predicted molar refractivity (Wildman–Crippen MR) is 85.7 cm³/mol. The molecule has 0 saturated carbocycles. The number of anilines is 1. The van der Waals surface area contributed by atoms with Crippen molar-refractivity contribution >= 4 is 11.7 Å². The van der Waals surface area contributed by atoms with Crippen molar-refractivity contribution in [2.75, 3.05) is 18.0 Å². The van der Waals surface area contributed by atoms with Gasteiger partial charge in [-0.1, -0.05) is 0 Å². The first kappa shape index (κ1) is 15.4. The molecular formula is C16H20N6O. The molecule has 7 nitrogen and oxygen atoms in total. The first-order valence-electron chi connectivity index (χ1n) is 7.92. The molecule has 1 unspecified atom stereocenters. The van der Waals surface area contributed by atoms with E-state index in [2.05, 4.69) is 31.4 Å². The molecule has 2 aliphatic heterocycles. The maximum Gasteiger partial charge on any atom is 0.242 e. The first-order chi connectivity index (χ1) is 11.2. The maximum absolute atomic E-state index is 12.5. The van der Waals surface area contributed by atoms with Gasteiger partial charge in [0.05, 0.1) is 6.20 Å². The van der Waals surface area contributed by atoms with Crippen molar-refractivity contribution in [2.45, 2.75) is 43.8 Å². The van der Waals surface area contributed by atoms with Crippen LogP contribution in [0.2, 0.25) is 0 Å². The van der Waals surface area contributed by atoms with Crippen LogP contribution in [0.1, 0.15) is 32.1 Å². The van der Waals surface area contributed by atoms with Crippen LogP contribution in [0.25, 0.3) is 0 Å². The first-order valence-corrected chi connectivity index (χ1v) is 7.92. The van der Waals surface area contributed by atoms with Crippen LogP contribution in [0.15, 0.2) is 28.8 Å². The van der Waals surface area contributed by atoms with Gasteiger partial charge in [0.2, 0.25) is 5.91 Å². The highest BCUT2D eigenvalue weighted by Gasteiger charge is 2.39. The summed E-state index contributed by atoms with van der Waals surface area (Å²) in [6, 6.07) is -0.179. The van der Waals surface area contributed by atoms with E-state index in [1.165, 1.54) is 0 Å². The minimum absolute atomic E-state index is 0.0286. The Balaban J connectivity index is 1.49. The molecule has 2 aliphatic rings. The quantitative estimate of drug-likeness (QED) is 0.774. The van der Waals surface area contributed by atoms with Crippen LogP contribution in [-0.4, -0.2) is 40.7 Å². The van der Waals surface area contributed by atoms with Gasteiger partial charge in [0.15, 0.2) is 5.66 Å². The van der Waals surface area contributed by atoms with E-state index in [0.29, 0.717) is 19.4 Å². The molecule has 0 bridgehead atoms. The molecule has 1 saturated heterocycles. The molecule has 3 heterocycles. The highest BCUT2D eigenvalue weighted by atomic mass is 16.2. The summed E-state index contributed by atoms with van der Waals surface area (Å²) in [4.78, 5) is 22.8. The van der Waals surface area contributed by atoms with Crippen molar-refractivity contribution in [1.82, 2.24) is 15.3 Å². The zero-order valence-corrected chi connectivity index (χ0v) is 13.0. The maximum atomic E-state index is 12.5. The van der Waals surface area contributed by atoms with Crippen LogP contribution in [0.4, 0.5) is 5.82 Å². The van der Waals surface area contributed by atoms with E-state index in [0.717, 1.165) is 31.6 Å². The van der Waals surface area contributed by atoms with Crippen LogP contribution in [0.3, 0.4) is 0 Å². The number of rotatable bonds is 7. The monoisotopic (exact) mass is 312 g/mol. The number of hydrogen-bond acceptors (Lipinski definition) is 6. The Bertz CT molecular complexity index is 617. The summed E-state index contributed by atoms with van der Waals surface area (Å²) in [6.45, 7) is 1.38. The van der Waals surface area contributed by atoms with Crippen LogP contribution < -0.4 is 10.2 Å². The Morgan fingerprint density at radius 1 is 1.43 bits per heavy atom. The highest BCUT2D eigenvalue weighted by Crippen LogP contribution is 2.36. The van der Waals surface area contributed by atoms with Crippen molar-refractivity contribution in [2.24, 2.45) is 10.2 Å². The van der Waals surface area contributed by atoms with Crippen molar-refractivity contribution in [1.29, 1.82) is 0 Å². The lowest BCUT2D eigenvalue weighted by molar-refractivity contribution is -0.122. The van der Waals surface area contributed by atoms with Crippen LogP contribution in [0.5, 0.6) is 0 Å². The molecule has 7 heteroatoms. The summed E-state index contributed by atoms with van der Waals surface area (Å²) in [7, 11) is 0. The Hall–Kier alpha value is -2.49. The minimum atomic E-state index is -0.347. The second-order valence-electron chi connectivity index (χ2n) is 5.84. The fourth-order valence-corrected chi connectivity index (χ4v) is 2.92. The molecule has 1 amide bonds. The lowest BCUT2D eigenvalue weighted by atomic mass is 10.0. The molecule has 0 spiro atoms. The van der Waals surface area contributed by atoms with Crippen LogP contribution >= 0.6 is 0 Å². The number of aromatic nitrogens is 2. The van der Waals surface area contributed by atoms with Gasteiger partial charge in [0.1, 0.15) is 11.9 Å². The zero-order chi connectivity index (χ0) is 16.1. The number of carbonyl (C=O) groups is 1. The van der Waals surface area contributed by atoms with Crippen molar-refractivity contribution in [3.8, 4) is 12.3 Å². The number of carbonyl (C=O) groups excluding carboxylic acids is 1. The van der Waals surface area contributed by atoms with Crippen molar-refractivity contribution < 1.29 is 4.79 Å². The Labute approximate surface area is 135 Å². The van der Waals surface area contributed by atoms with E-state index >= 15 is 0 Å². The zero-order valence-electron chi connectivity index (χ0n) is 13.0. The molecule has 0 aliphatic carbocycles. The van der Waals surface area contributed by atoms with Crippen LogP contribution in [-0.2, 0) is 4.79 Å². The van der Waals surface area contributed by atoms with Crippen molar-refractivity contribution in [3.63, 3.8) is 0 Å². The van der Waals surface area contributed by atoms with Gasteiger partial charge >= 0.3 is 0 Å². The number of amides is 1. The molecule has 1 atom stereocenters. The molecule has 0 radical (unpaired) electrons. The number of hydrogen-bond donors (Lipinski definition) is 1. The summed E-state index contributed by atoms with van der Waals surface area (Å²) in [5.41, 5.74) is -0.347. The average Bonchev–Trinajstić information content (AvgIpc) is 3.17. The van der Waals surface area contributed by atoms with E-state index in [4.69, 9.17) is 6.42 Å². The van der Waals surface area contributed by atoms with E-state index in [-0.39, 0.29) is 17.6 Å². The second kappa shape index (κ2) is 6.73. The van der Waals surface area contributed by atoms with Crippen LogP contribution in [0, 0.1) is 12.3 Å². The third-order valence-corrected chi connectivity index (χ3v) is 4.28. The van der Waals surface area contributed by atoms with Gasteiger partial charge in [-0.3, -0.25) is 9.78 Å². The molecule has 1 N–H and O–H groups in total. The van der Waals surface area contributed by atoms with Gasteiger partial charge in [-0.05, 0) is 12.8 Å². The topological polar surface area (TPSA) is 82.8 Å². The molecule has 3 rings (SSSR count). The summed E-state index contributed by atoms with van der Waals surface area (Å²) in [5, 5.41) is 11.2. The number of nitrogens with zero attached hydrogens (tertiary/aromatic N) is 5. The van der Waals surface area contributed by atoms with E-state index < -0.39 is 0 Å². The molecule has 1 aromatic rings. The standard InChI is InChI=1S/C16H20N6O/c1-2-3-6-16(20-21-16)7-8-19-15(23)13-5-4-11-22(13)14-12-17-9-10-18-14/h1,9-10,12-13H,3-8,11H2,(H,19,23). The van der Waals surface area contributed by atoms with Gasteiger partial charge in [0, 0.05) is 44.7 Å². The molecule has 0 aromatic carbocycles. The van der Waals surface area contributed by atoms with E-state index in [9.17, 15) is 4.79 Å². The molecular weight excluding hydrogens is 292 g/mol. The van der Waals surface area contributed by atoms with E-state index in [1.807, 2.05) is 4.90 Å². The summed E-state index contributed by atoms with van der Waals surface area (Å²) >= 11 is 0. The third kappa shape index (κ3) is 3.65. The lowest BCUT2D eigenvalue weighted by Gasteiger charge is -2.24. The number of terminal acetylenes is 1. The minimum Gasteiger partial charge on any atom is -0.354 e. The Kier molecular flexibility index (Phi) is 4.51. The SMILES string of the molecule is C#CCCC1(CCNC(=O)C2CCCN2c2cnccn2)N=N1. The molecule has 1 fully saturated rings. The number of nitrogens with one attached hydrogen (secondary N) is 1. The molecule has 23 heavy (non-hydrogen) atoms.